The van der Waals surface area contributed by atoms with E-state index in [1.165, 1.54) is 83.9 Å². The molecule has 0 aliphatic carbocycles. The molecule has 0 N–H and O–H groups in total. The average Bonchev–Trinajstić information content (AvgIpc) is 3.18. The summed E-state index contributed by atoms with van der Waals surface area (Å²) in [7, 11) is 0. The third kappa shape index (κ3) is 8.17. The van der Waals surface area contributed by atoms with Crippen LogP contribution in [0.3, 0.4) is 0 Å². The highest BCUT2D eigenvalue weighted by Crippen LogP contribution is 2.49. The summed E-state index contributed by atoms with van der Waals surface area (Å²) in [5, 5.41) is 0. The summed E-state index contributed by atoms with van der Waals surface area (Å²) in [6, 6.07) is 40.7. The van der Waals surface area contributed by atoms with Gasteiger partial charge in [-0.25, -0.2) is 0 Å². The predicted molar refractivity (Wildman–Crippen MR) is 276 cm³/mol. The number of aromatic nitrogens is 1. The molecule has 326 valence electrons. The zero-order valence-corrected chi connectivity index (χ0v) is 41.8. The lowest BCUT2D eigenvalue weighted by Crippen LogP contribution is -2.61. The van der Waals surface area contributed by atoms with Crippen molar-refractivity contribution in [1.82, 2.24) is 4.98 Å². The molecular formula is C59H72BN3. The van der Waals surface area contributed by atoms with E-state index in [0.717, 1.165) is 11.3 Å². The molecule has 3 nitrogen and oxygen atoms in total. The first-order chi connectivity index (χ1) is 29.0. The Labute approximate surface area is 381 Å². The Morgan fingerprint density at radius 1 is 0.365 bits per heavy atom. The predicted octanol–water partition coefficient (Wildman–Crippen LogP) is 14.6. The van der Waals surface area contributed by atoms with Crippen molar-refractivity contribution in [1.29, 1.82) is 0 Å². The first-order valence-corrected chi connectivity index (χ1v) is 23.3. The normalized spacial score (nSPS) is 14.4. The highest BCUT2D eigenvalue weighted by Gasteiger charge is 2.45. The average molecular weight is 834 g/mol. The van der Waals surface area contributed by atoms with Crippen molar-refractivity contribution in [3.8, 4) is 11.3 Å². The van der Waals surface area contributed by atoms with E-state index in [4.69, 9.17) is 4.98 Å². The lowest BCUT2D eigenvalue weighted by atomic mass is 9.33. The molecule has 0 saturated carbocycles. The van der Waals surface area contributed by atoms with Gasteiger partial charge in [0.2, 0.25) is 0 Å². The Morgan fingerprint density at radius 3 is 1.05 bits per heavy atom. The number of hydrogen-bond acceptors (Lipinski definition) is 3. The van der Waals surface area contributed by atoms with Gasteiger partial charge in [-0.15, -0.1) is 0 Å². The molecule has 6 aromatic rings. The van der Waals surface area contributed by atoms with Crippen molar-refractivity contribution < 1.29 is 0 Å². The molecule has 0 fully saturated rings. The maximum Gasteiger partial charge on any atom is 0.252 e. The van der Waals surface area contributed by atoms with Crippen molar-refractivity contribution in [2.24, 2.45) is 0 Å². The zero-order chi connectivity index (χ0) is 46.0. The van der Waals surface area contributed by atoms with Gasteiger partial charge in [-0.3, -0.25) is 4.98 Å². The summed E-state index contributed by atoms with van der Waals surface area (Å²) in [4.78, 5) is 10.3. The minimum atomic E-state index is -0.0526. The smallest absolute Gasteiger partial charge is 0.252 e. The van der Waals surface area contributed by atoms with E-state index in [2.05, 4.69) is 231 Å². The van der Waals surface area contributed by atoms with Gasteiger partial charge in [0.25, 0.3) is 6.71 Å². The first kappa shape index (κ1) is 44.5. The quantitative estimate of drug-likeness (QED) is 0.165. The van der Waals surface area contributed by atoms with Crippen molar-refractivity contribution in [2.75, 3.05) is 9.80 Å². The minimum Gasteiger partial charge on any atom is -0.311 e. The Hall–Kier alpha value is -5.09. The van der Waals surface area contributed by atoms with Crippen molar-refractivity contribution in [3.63, 3.8) is 0 Å². The van der Waals surface area contributed by atoms with Crippen LogP contribution in [-0.2, 0) is 32.5 Å². The molecule has 0 saturated heterocycles. The van der Waals surface area contributed by atoms with Gasteiger partial charge in [0.05, 0.1) is 5.69 Å². The Balaban J connectivity index is 1.58. The van der Waals surface area contributed by atoms with Crippen LogP contribution in [0.15, 0.2) is 109 Å². The number of anilines is 6. The van der Waals surface area contributed by atoms with Crippen LogP contribution in [-0.4, -0.2) is 11.7 Å². The first-order valence-electron chi connectivity index (χ1n) is 23.3. The molecule has 63 heavy (non-hydrogen) atoms. The fraction of sp³-hybridized carbons (Fsp3) is 0.407. The SMILES string of the molecule is CC(C)(C)c1cc(N2c3cc(C(C)(C)C)ccc3B3c4ccc(C(C)(C)C)cc4N(c4cc(C(C)(C)C)cc(C(C)(C)C)c4)c4cc(-c5ccccn5)cc2c43)cc(C(C)(C)C)c1. The number of hydrogen-bond donors (Lipinski definition) is 0. The standard InChI is InChI=1S/C59H72BN3/c1-54(2,3)38-22-24-46-49(35-38)62(44-31-40(56(7,8)9)29-41(32-44)57(10,11)12)51-27-37(48-21-19-20-26-61-48)28-52-53(51)60(46)47-25-23-39(55(4,5)6)36-50(47)63(52)45-33-42(58(13,14)15)30-43(34-45)59(16,17)18/h19-36H,1-18H3. The summed E-state index contributed by atoms with van der Waals surface area (Å²) >= 11 is 0. The van der Waals surface area contributed by atoms with Crippen LogP contribution in [0.5, 0.6) is 0 Å². The van der Waals surface area contributed by atoms with Crippen molar-refractivity contribution >= 4 is 57.2 Å². The highest BCUT2D eigenvalue weighted by atomic mass is 15.2. The lowest BCUT2D eigenvalue weighted by molar-refractivity contribution is 0.568. The topological polar surface area (TPSA) is 19.4 Å². The summed E-state index contributed by atoms with van der Waals surface area (Å²) in [5.74, 6) is 0. The van der Waals surface area contributed by atoms with E-state index in [1.54, 1.807) is 0 Å². The molecule has 2 aliphatic heterocycles. The van der Waals surface area contributed by atoms with Crippen LogP contribution < -0.4 is 26.2 Å². The van der Waals surface area contributed by atoms with Crippen LogP contribution in [0.1, 0.15) is 158 Å². The summed E-state index contributed by atoms with van der Waals surface area (Å²) in [6.07, 6.45) is 1.93. The fourth-order valence-corrected chi connectivity index (χ4v) is 9.37. The summed E-state index contributed by atoms with van der Waals surface area (Å²) in [5.41, 5.74) is 21.1. The van der Waals surface area contributed by atoms with Gasteiger partial charge in [-0.1, -0.05) is 167 Å². The lowest BCUT2D eigenvalue weighted by Gasteiger charge is -2.45. The van der Waals surface area contributed by atoms with Gasteiger partial charge in [0.1, 0.15) is 0 Å². The maximum atomic E-state index is 5.04. The van der Waals surface area contributed by atoms with Crippen LogP contribution >= 0.6 is 0 Å². The van der Waals surface area contributed by atoms with E-state index in [0.29, 0.717) is 0 Å². The second kappa shape index (κ2) is 14.7. The zero-order valence-electron chi connectivity index (χ0n) is 41.8. The number of fused-ring (bicyclic) bond motifs is 4. The molecule has 0 atom stereocenters. The Morgan fingerprint density at radius 2 is 0.730 bits per heavy atom. The molecule has 1 aromatic heterocycles. The maximum absolute atomic E-state index is 5.04. The third-order valence-electron chi connectivity index (χ3n) is 13.6. The Kier molecular flexibility index (Phi) is 10.4. The van der Waals surface area contributed by atoms with Gasteiger partial charge in [0.15, 0.2) is 0 Å². The largest absolute Gasteiger partial charge is 0.311 e. The number of rotatable bonds is 3. The molecule has 0 bridgehead atoms. The fourth-order valence-electron chi connectivity index (χ4n) is 9.37. The second-order valence-corrected chi connectivity index (χ2v) is 24.8. The molecule has 3 heterocycles. The van der Waals surface area contributed by atoms with E-state index >= 15 is 0 Å². The Bertz CT molecular complexity index is 2500. The van der Waals surface area contributed by atoms with Gasteiger partial charge in [-0.2, -0.15) is 0 Å². The highest BCUT2D eigenvalue weighted by molar-refractivity contribution is 7.00. The molecular weight excluding hydrogens is 761 g/mol. The van der Waals surface area contributed by atoms with Gasteiger partial charge < -0.3 is 9.80 Å². The molecule has 0 amide bonds. The minimum absolute atomic E-state index is 0.00842. The van der Waals surface area contributed by atoms with Gasteiger partial charge >= 0.3 is 0 Å². The summed E-state index contributed by atoms with van der Waals surface area (Å²) in [6.45, 7) is 42.2. The van der Waals surface area contributed by atoms with Crippen molar-refractivity contribution in [3.05, 3.63) is 143 Å². The van der Waals surface area contributed by atoms with Crippen molar-refractivity contribution in [2.45, 2.75) is 157 Å². The third-order valence-corrected chi connectivity index (χ3v) is 13.6. The van der Waals surface area contributed by atoms with Crippen LogP contribution in [0, 0.1) is 0 Å². The molecule has 0 radical (unpaired) electrons. The van der Waals surface area contributed by atoms with E-state index < -0.39 is 0 Å². The van der Waals surface area contributed by atoms with Gasteiger partial charge in [0, 0.05) is 45.9 Å². The van der Waals surface area contributed by atoms with E-state index in [-0.39, 0.29) is 39.2 Å². The molecule has 8 rings (SSSR count). The van der Waals surface area contributed by atoms with Crippen LogP contribution in [0.4, 0.5) is 34.1 Å². The molecule has 5 aromatic carbocycles. The van der Waals surface area contributed by atoms with Gasteiger partial charge in [-0.05, 0) is 143 Å². The van der Waals surface area contributed by atoms with E-state index in [1.807, 2.05) is 12.3 Å². The second-order valence-electron chi connectivity index (χ2n) is 24.8. The molecule has 2 aliphatic rings. The number of nitrogens with zero attached hydrogens (tertiary/aromatic N) is 3. The molecule has 0 spiro atoms. The summed E-state index contributed by atoms with van der Waals surface area (Å²) < 4.78 is 0. The van der Waals surface area contributed by atoms with E-state index in [9.17, 15) is 0 Å². The van der Waals surface area contributed by atoms with Crippen LogP contribution in [0.25, 0.3) is 11.3 Å². The number of pyridine rings is 1. The molecule has 4 heteroatoms. The number of benzene rings is 5. The van der Waals surface area contributed by atoms with Crippen LogP contribution in [0.2, 0.25) is 0 Å². The molecule has 0 unspecified atom stereocenters. The monoisotopic (exact) mass is 834 g/mol.